The van der Waals surface area contributed by atoms with Gasteiger partial charge in [0.25, 0.3) is 0 Å². The predicted molar refractivity (Wildman–Crippen MR) is 118 cm³/mol. The molecule has 3 nitrogen and oxygen atoms in total. The van der Waals surface area contributed by atoms with Crippen molar-refractivity contribution in [2.24, 2.45) is 5.92 Å². The van der Waals surface area contributed by atoms with Gasteiger partial charge in [0.05, 0.1) is 6.04 Å². The van der Waals surface area contributed by atoms with E-state index in [-0.39, 0.29) is 41.5 Å². The van der Waals surface area contributed by atoms with E-state index in [1.807, 2.05) is 13.8 Å². The maximum Gasteiger partial charge on any atom is 0.237 e. The van der Waals surface area contributed by atoms with E-state index >= 15 is 0 Å². The molecule has 2 aromatic carbocycles. The Morgan fingerprint density at radius 2 is 1.40 bits per heavy atom. The lowest BCUT2D eigenvalue weighted by molar-refractivity contribution is -0.124. The normalized spacial score (nSPS) is 13.5. The van der Waals surface area contributed by atoms with Gasteiger partial charge < -0.3 is 10.6 Å². The van der Waals surface area contributed by atoms with Crippen LogP contribution in [0.25, 0.3) is 0 Å². The molecule has 0 aliphatic heterocycles. The molecule has 2 N–H and O–H groups in total. The number of carbonyl (C=O) groups is 1. The summed E-state index contributed by atoms with van der Waals surface area (Å²) in [5, 5.41) is 6.44. The molecule has 0 aliphatic rings. The SMILES string of the molecule is CCC(C)N[C@H](C(=O)NCCCC(c1ccc(F)cc1)c1ccc(F)cc1)C(C)C. The van der Waals surface area contributed by atoms with Gasteiger partial charge in [-0.15, -0.1) is 0 Å². The van der Waals surface area contributed by atoms with Crippen molar-refractivity contribution in [2.45, 2.75) is 65.0 Å². The molecule has 2 atom stereocenters. The van der Waals surface area contributed by atoms with E-state index in [2.05, 4.69) is 24.5 Å². The molecule has 0 heterocycles. The van der Waals surface area contributed by atoms with Crippen LogP contribution in [0.1, 0.15) is 64.0 Å². The summed E-state index contributed by atoms with van der Waals surface area (Å²) in [5.74, 6) is -0.326. The minimum Gasteiger partial charge on any atom is -0.355 e. The molecule has 1 unspecified atom stereocenters. The van der Waals surface area contributed by atoms with Gasteiger partial charge in [0.2, 0.25) is 5.91 Å². The van der Waals surface area contributed by atoms with Gasteiger partial charge in [0.1, 0.15) is 11.6 Å². The number of hydrogen-bond acceptors (Lipinski definition) is 2. The summed E-state index contributed by atoms with van der Waals surface area (Å²) in [5.41, 5.74) is 1.96. The Hall–Kier alpha value is -2.27. The second-order valence-corrected chi connectivity index (χ2v) is 8.29. The first-order valence-electron chi connectivity index (χ1n) is 10.9. The monoisotopic (exact) mass is 416 g/mol. The highest BCUT2D eigenvalue weighted by Crippen LogP contribution is 2.29. The van der Waals surface area contributed by atoms with E-state index < -0.39 is 0 Å². The van der Waals surface area contributed by atoms with Crippen LogP contribution < -0.4 is 10.6 Å². The Labute approximate surface area is 179 Å². The minimum atomic E-state index is -0.280. The van der Waals surface area contributed by atoms with Crippen molar-refractivity contribution in [1.82, 2.24) is 10.6 Å². The average Bonchev–Trinajstić information content (AvgIpc) is 2.73. The molecule has 0 bridgehead atoms. The Morgan fingerprint density at radius 1 is 0.900 bits per heavy atom. The molecule has 0 fully saturated rings. The molecule has 0 saturated heterocycles. The lowest BCUT2D eigenvalue weighted by atomic mass is 9.87. The molecule has 2 aromatic rings. The summed E-state index contributed by atoms with van der Waals surface area (Å²) in [6.07, 6.45) is 2.50. The van der Waals surface area contributed by atoms with Gasteiger partial charge in [-0.2, -0.15) is 0 Å². The smallest absolute Gasteiger partial charge is 0.237 e. The minimum absolute atomic E-state index is 0.0160. The van der Waals surface area contributed by atoms with E-state index in [9.17, 15) is 13.6 Å². The molecule has 0 saturated carbocycles. The Kier molecular flexibility index (Phi) is 9.44. The van der Waals surface area contributed by atoms with Crippen LogP contribution in [0.5, 0.6) is 0 Å². The number of halogens is 2. The highest BCUT2D eigenvalue weighted by atomic mass is 19.1. The highest BCUT2D eigenvalue weighted by Gasteiger charge is 2.23. The average molecular weight is 417 g/mol. The topological polar surface area (TPSA) is 41.1 Å². The van der Waals surface area contributed by atoms with Crippen molar-refractivity contribution in [3.05, 3.63) is 71.3 Å². The van der Waals surface area contributed by atoms with Crippen LogP contribution >= 0.6 is 0 Å². The van der Waals surface area contributed by atoms with Crippen LogP contribution in [-0.2, 0) is 4.79 Å². The van der Waals surface area contributed by atoms with Crippen molar-refractivity contribution in [3.8, 4) is 0 Å². The van der Waals surface area contributed by atoms with Crippen LogP contribution in [0.15, 0.2) is 48.5 Å². The molecule has 164 valence electrons. The Morgan fingerprint density at radius 3 is 1.83 bits per heavy atom. The maximum absolute atomic E-state index is 13.4. The third-order valence-electron chi connectivity index (χ3n) is 5.54. The Bertz CT molecular complexity index is 729. The number of hydrogen-bond donors (Lipinski definition) is 2. The lowest BCUT2D eigenvalue weighted by Crippen LogP contribution is -2.50. The van der Waals surface area contributed by atoms with Gasteiger partial charge in [-0.05, 0) is 67.5 Å². The molecule has 0 radical (unpaired) electrons. The van der Waals surface area contributed by atoms with Crippen molar-refractivity contribution >= 4 is 5.91 Å². The van der Waals surface area contributed by atoms with E-state index in [1.54, 1.807) is 24.3 Å². The van der Waals surface area contributed by atoms with Crippen LogP contribution in [-0.4, -0.2) is 24.5 Å². The van der Waals surface area contributed by atoms with E-state index in [4.69, 9.17) is 0 Å². The maximum atomic E-state index is 13.4. The predicted octanol–water partition coefficient (Wildman–Crippen LogP) is 5.41. The van der Waals surface area contributed by atoms with Crippen molar-refractivity contribution in [1.29, 1.82) is 0 Å². The summed E-state index contributed by atoms with van der Waals surface area (Å²) >= 11 is 0. The van der Waals surface area contributed by atoms with E-state index in [0.29, 0.717) is 6.54 Å². The molecular formula is C25H34F2N2O. The van der Waals surface area contributed by atoms with Crippen LogP contribution in [0.4, 0.5) is 8.78 Å². The number of benzene rings is 2. The van der Waals surface area contributed by atoms with Gasteiger partial charge in [0, 0.05) is 18.5 Å². The number of carbonyl (C=O) groups excluding carboxylic acids is 1. The van der Waals surface area contributed by atoms with Crippen molar-refractivity contribution in [3.63, 3.8) is 0 Å². The van der Waals surface area contributed by atoms with Gasteiger partial charge in [-0.25, -0.2) is 8.78 Å². The van der Waals surface area contributed by atoms with E-state index in [0.717, 1.165) is 30.4 Å². The first-order valence-corrected chi connectivity index (χ1v) is 10.9. The first kappa shape index (κ1) is 24.0. The molecule has 0 spiro atoms. The number of rotatable bonds is 11. The summed E-state index contributed by atoms with van der Waals surface area (Å²) in [6.45, 7) is 8.82. The summed E-state index contributed by atoms with van der Waals surface area (Å²) in [4.78, 5) is 12.6. The third kappa shape index (κ3) is 7.21. The summed E-state index contributed by atoms with van der Waals surface area (Å²) < 4.78 is 26.7. The largest absolute Gasteiger partial charge is 0.355 e. The van der Waals surface area contributed by atoms with Crippen molar-refractivity contribution < 1.29 is 13.6 Å². The van der Waals surface area contributed by atoms with Gasteiger partial charge >= 0.3 is 0 Å². The molecule has 5 heteroatoms. The molecule has 2 rings (SSSR count). The van der Waals surface area contributed by atoms with Crippen LogP contribution in [0.2, 0.25) is 0 Å². The van der Waals surface area contributed by atoms with Crippen molar-refractivity contribution in [2.75, 3.05) is 6.54 Å². The van der Waals surface area contributed by atoms with Gasteiger partial charge in [-0.3, -0.25) is 4.79 Å². The molecule has 30 heavy (non-hydrogen) atoms. The van der Waals surface area contributed by atoms with Gasteiger partial charge in [-0.1, -0.05) is 45.0 Å². The second-order valence-electron chi connectivity index (χ2n) is 8.29. The molecule has 1 amide bonds. The zero-order chi connectivity index (χ0) is 22.1. The third-order valence-corrected chi connectivity index (χ3v) is 5.54. The fourth-order valence-corrected chi connectivity index (χ4v) is 3.54. The summed E-state index contributed by atoms with van der Waals surface area (Å²) in [6, 6.07) is 12.9. The quantitative estimate of drug-likeness (QED) is 0.481. The van der Waals surface area contributed by atoms with Crippen LogP contribution in [0, 0.1) is 17.6 Å². The second kappa shape index (κ2) is 11.8. The Balaban J connectivity index is 1.99. The van der Waals surface area contributed by atoms with Crippen LogP contribution in [0.3, 0.4) is 0 Å². The van der Waals surface area contributed by atoms with Gasteiger partial charge in [0.15, 0.2) is 0 Å². The molecule has 0 aromatic heterocycles. The molecule has 0 aliphatic carbocycles. The zero-order valence-corrected chi connectivity index (χ0v) is 18.4. The van der Waals surface area contributed by atoms with E-state index in [1.165, 1.54) is 24.3 Å². The standard InChI is InChI=1S/C25H34F2N2O/c1-5-18(4)29-24(17(2)3)25(30)28-16-6-7-23(19-8-12-21(26)13-9-19)20-10-14-22(27)15-11-20/h8-15,17-18,23-24,29H,5-7,16H2,1-4H3,(H,28,30)/t18?,24-/m0/s1. The number of nitrogens with one attached hydrogen (secondary N) is 2. The fourth-order valence-electron chi connectivity index (χ4n) is 3.54. The molecular weight excluding hydrogens is 382 g/mol. The zero-order valence-electron chi connectivity index (χ0n) is 18.4. The first-order chi connectivity index (χ1) is 14.3. The summed E-state index contributed by atoms with van der Waals surface area (Å²) in [7, 11) is 0. The highest BCUT2D eigenvalue weighted by molar-refractivity contribution is 5.82. The fraction of sp³-hybridized carbons (Fsp3) is 0.480. The lowest BCUT2D eigenvalue weighted by Gasteiger charge is -2.25. The number of amides is 1.